The number of aliphatic hydroxyl groups is 4. The molecule has 0 aliphatic carbocycles. The number of rotatable bonds is 7. The molecule has 5 N–H and O–H groups in total. The molecule has 0 aromatic carbocycles. The first-order chi connectivity index (χ1) is 7.84. The Morgan fingerprint density at radius 3 is 2.12 bits per heavy atom. The molecule has 0 rings (SSSR count). The van der Waals surface area contributed by atoms with Crippen molar-refractivity contribution in [1.29, 1.82) is 0 Å². The Hall–Kier alpha value is -0.0600. The van der Waals surface area contributed by atoms with Gasteiger partial charge in [-0.25, -0.2) is 0 Å². The summed E-state index contributed by atoms with van der Waals surface area (Å²) in [6.07, 6.45) is -4.86. The maximum atomic E-state index is 11.2. The molecule has 0 aromatic rings. The van der Waals surface area contributed by atoms with Crippen LogP contribution >= 0.6 is 31.9 Å². The molecule has 17 heavy (non-hydrogen) atoms. The molecular formula is C8H13Br2NO6. The molecule has 0 heterocycles. The molecule has 4 atom stereocenters. The van der Waals surface area contributed by atoms with E-state index in [0.29, 0.717) is 0 Å². The summed E-state index contributed by atoms with van der Waals surface area (Å²) in [5.74, 6) is -0.633. The predicted molar refractivity (Wildman–Crippen MR) is 64.7 cm³/mol. The van der Waals surface area contributed by atoms with Gasteiger partial charge in [-0.1, -0.05) is 31.9 Å². The standard InChI is InChI=1S/C8H13Br2NO6/c9-7(10)8(17)11-3(1-12)5(15)6(16)4(14)2-13/h1,3-7,13-16H,2H2,(H,11,17)/t3-,4-,5-,6-/m1/s1. The number of hydrogen-bond acceptors (Lipinski definition) is 6. The van der Waals surface area contributed by atoms with Gasteiger partial charge in [0.1, 0.15) is 34.4 Å². The van der Waals surface area contributed by atoms with Crippen molar-refractivity contribution in [2.75, 3.05) is 6.61 Å². The lowest BCUT2D eigenvalue weighted by Crippen LogP contribution is -2.54. The van der Waals surface area contributed by atoms with Crippen molar-refractivity contribution in [2.45, 2.75) is 28.1 Å². The summed E-state index contributed by atoms with van der Waals surface area (Å²) in [6, 6.07) is -1.39. The van der Waals surface area contributed by atoms with E-state index < -0.39 is 40.6 Å². The molecule has 0 saturated heterocycles. The molecular weight excluding hydrogens is 366 g/mol. The van der Waals surface area contributed by atoms with Crippen LogP contribution in [0.3, 0.4) is 0 Å². The number of carbonyl (C=O) groups excluding carboxylic acids is 2. The third-order valence-corrected chi connectivity index (χ3v) is 2.78. The van der Waals surface area contributed by atoms with Gasteiger partial charge in [0.25, 0.3) is 0 Å². The molecule has 1 amide bonds. The van der Waals surface area contributed by atoms with Gasteiger partial charge in [-0.15, -0.1) is 0 Å². The highest BCUT2D eigenvalue weighted by Gasteiger charge is 2.32. The van der Waals surface area contributed by atoms with Gasteiger partial charge in [0.05, 0.1) is 6.61 Å². The molecule has 9 heteroatoms. The second-order valence-electron chi connectivity index (χ2n) is 3.20. The van der Waals surface area contributed by atoms with Crippen LogP contribution in [-0.4, -0.2) is 67.3 Å². The molecule has 0 fully saturated rings. The van der Waals surface area contributed by atoms with E-state index in [1.54, 1.807) is 0 Å². The average Bonchev–Trinajstić information content (AvgIpc) is 2.32. The van der Waals surface area contributed by atoms with E-state index in [0.717, 1.165) is 0 Å². The van der Waals surface area contributed by atoms with E-state index >= 15 is 0 Å². The highest BCUT2D eigenvalue weighted by atomic mass is 79.9. The largest absolute Gasteiger partial charge is 0.394 e. The monoisotopic (exact) mass is 377 g/mol. The lowest BCUT2D eigenvalue weighted by Gasteiger charge is -2.26. The smallest absolute Gasteiger partial charge is 0.245 e. The topological polar surface area (TPSA) is 127 Å². The van der Waals surface area contributed by atoms with Crippen LogP contribution in [-0.2, 0) is 9.59 Å². The van der Waals surface area contributed by atoms with Crippen molar-refractivity contribution in [2.24, 2.45) is 0 Å². The van der Waals surface area contributed by atoms with Crippen LogP contribution in [0.15, 0.2) is 0 Å². The first-order valence-electron chi connectivity index (χ1n) is 4.54. The number of nitrogens with one attached hydrogen (secondary N) is 1. The Balaban J connectivity index is 4.55. The lowest BCUT2D eigenvalue weighted by molar-refractivity contribution is -0.129. The summed E-state index contributed by atoms with van der Waals surface area (Å²) >= 11 is 5.76. The number of carbonyl (C=O) groups is 2. The fourth-order valence-electron chi connectivity index (χ4n) is 0.975. The van der Waals surface area contributed by atoms with Crippen molar-refractivity contribution in [3.63, 3.8) is 0 Å². The zero-order valence-electron chi connectivity index (χ0n) is 8.53. The Morgan fingerprint density at radius 1 is 1.24 bits per heavy atom. The Morgan fingerprint density at radius 2 is 1.76 bits per heavy atom. The fraction of sp³-hybridized carbons (Fsp3) is 0.750. The number of alkyl halides is 2. The van der Waals surface area contributed by atoms with Gasteiger partial charge in [-0.05, 0) is 0 Å². The van der Waals surface area contributed by atoms with E-state index in [-0.39, 0.29) is 6.29 Å². The Bertz CT molecular complexity index is 264. The van der Waals surface area contributed by atoms with E-state index in [1.807, 2.05) is 0 Å². The number of hydrogen-bond donors (Lipinski definition) is 5. The molecule has 7 nitrogen and oxygen atoms in total. The molecule has 0 saturated carbocycles. The van der Waals surface area contributed by atoms with Crippen molar-refractivity contribution in [3.05, 3.63) is 0 Å². The summed E-state index contributed by atoms with van der Waals surface area (Å²) in [6.45, 7) is -0.780. The molecule has 0 aromatic heterocycles. The van der Waals surface area contributed by atoms with E-state index in [4.69, 9.17) is 10.2 Å². The fourth-order valence-corrected chi connectivity index (χ4v) is 1.24. The number of aldehydes is 1. The predicted octanol–water partition coefficient (Wildman–Crippen LogP) is -2.14. The number of halogens is 2. The highest BCUT2D eigenvalue weighted by molar-refractivity contribution is 9.25. The maximum Gasteiger partial charge on any atom is 0.245 e. The van der Waals surface area contributed by atoms with Crippen LogP contribution < -0.4 is 5.32 Å². The van der Waals surface area contributed by atoms with Crippen LogP contribution in [0.5, 0.6) is 0 Å². The van der Waals surface area contributed by atoms with Gasteiger partial charge in [-0.3, -0.25) is 4.79 Å². The summed E-state index contributed by atoms with van der Waals surface area (Å²) in [5, 5.41) is 38.6. The summed E-state index contributed by atoms with van der Waals surface area (Å²) in [4.78, 5) is 21.9. The Kier molecular flexibility index (Phi) is 8.09. The normalized spacial score (nSPS) is 18.3. The minimum absolute atomic E-state index is 0.220. The van der Waals surface area contributed by atoms with Crippen LogP contribution in [0.25, 0.3) is 0 Å². The quantitative estimate of drug-likeness (QED) is 0.254. The van der Waals surface area contributed by atoms with E-state index in [1.165, 1.54) is 0 Å². The second kappa shape index (κ2) is 8.11. The maximum absolute atomic E-state index is 11.2. The van der Waals surface area contributed by atoms with E-state index in [2.05, 4.69) is 37.2 Å². The van der Waals surface area contributed by atoms with Gasteiger partial charge >= 0.3 is 0 Å². The molecule has 0 aliphatic rings. The van der Waals surface area contributed by atoms with Crippen molar-refractivity contribution < 1.29 is 30.0 Å². The van der Waals surface area contributed by atoms with Crippen LogP contribution in [0.1, 0.15) is 0 Å². The summed E-state index contributed by atoms with van der Waals surface area (Å²) < 4.78 is -0.760. The average molecular weight is 379 g/mol. The molecule has 0 unspecified atom stereocenters. The van der Waals surface area contributed by atoms with E-state index in [9.17, 15) is 19.8 Å². The van der Waals surface area contributed by atoms with Gasteiger partial charge in [-0.2, -0.15) is 0 Å². The lowest BCUT2D eigenvalue weighted by atomic mass is 10.0. The van der Waals surface area contributed by atoms with Crippen LogP contribution in [0.4, 0.5) is 0 Å². The molecule has 0 aliphatic heterocycles. The van der Waals surface area contributed by atoms with Crippen LogP contribution in [0, 0.1) is 0 Å². The van der Waals surface area contributed by atoms with Crippen molar-refractivity contribution in [1.82, 2.24) is 5.32 Å². The highest BCUT2D eigenvalue weighted by Crippen LogP contribution is 2.09. The molecule has 0 bridgehead atoms. The van der Waals surface area contributed by atoms with Crippen LogP contribution in [0.2, 0.25) is 0 Å². The number of aliphatic hydroxyl groups excluding tert-OH is 4. The Labute approximate surface area is 114 Å². The first-order valence-corrected chi connectivity index (χ1v) is 6.37. The van der Waals surface area contributed by atoms with Gasteiger partial charge in [0.2, 0.25) is 5.91 Å². The minimum Gasteiger partial charge on any atom is -0.394 e. The summed E-state index contributed by atoms with van der Waals surface area (Å²) in [5.41, 5.74) is 0. The molecule has 100 valence electrons. The first kappa shape index (κ1) is 16.9. The number of amides is 1. The third kappa shape index (κ3) is 5.40. The minimum atomic E-state index is -1.75. The van der Waals surface area contributed by atoms with Gasteiger partial charge < -0.3 is 30.5 Å². The third-order valence-electron chi connectivity index (χ3n) is 1.95. The zero-order valence-corrected chi connectivity index (χ0v) is 11.7. The van der Waals surface area contributed by atoms with Crippen molar-refractivity contribution in [3.8, 4) is 0 Å². The SMILES string of the molecule is O=C[C@@H](NC(=O)C(Br)Br)[C@@H](O)[C@H](O)[C@H](O)CO. The molecule has 0 radical (unpaired) electrons. The van der Waals surface area contributed by atoms with Gasteiger partial charge in [0, 0.05) is 0 Å². The second-order valence-corrected chi connectivity index (χ2v) is 6.26. The van der Waals surface area contributed by atoms with Crippen molar-refractivity contribution >= 4 is 44.1 Å². The van der Waals surface area contributed by atoms with Gasteiger partial charge in [0.15, 0.2) is 0 Å². The zero-order chi connectivity index (χ0) is 13.6. The molecule has 0 spiro atoms. The summed E-state index contributed by atoms with van der Waals surface area (Å²) in [7, 11) is 0.